The summed E-state index contributed by atoms with van der Waals surface area (Å²) in [6.45, 7) is 0. The molecule has 0 radical (unpaired) electrons. The van der Waals surface area contributed by atoms with E-state index in [0.29, 0.717) is 16.2 Å². The summed E-state index contributed by atoms with van der Waals surface area (Å²) in [5.41, 5.74) is 11.0. The summed E-state index contributed by atoms with van der Waals surface area (Å²) in [5.74, 6) is 0. The van der Waals surface area contributed by atoms with Crippen LogP contribution in [0.2, 0.25) is 0 Å². The predicted octanol–water partition coefficient (Wildman–Crippen LogP) is 2.60. The standard InChI is InChI=1S/C15H6/c1-7-2-9-3-8(1)14-11-4-10-5-12(6-11)15(9,14)13(7,10)14/h1-6H. The molecule has 0 bridgehead atoms. The maximum Gasteiger partial charge on any atom is 0.0502 e. The van der Waals surface area contributed by atoms with Gasteiger partial charge in [0.2, 0.25) is 0 Å². The molecule has 0 nitrogen and oxygen atoms in total. The van der Waals surface area contributed by atoms with Gasteiger partial charge in [0.15, 0.2) is 0 Å². The summed E-state index contributed by atoms with van der Waals surface area (Å²) in [4.78, 5) is 0. The molecule has 7 rings (SSSR count). The van der Waals surface area contributed by atoms with E-state index in [9.17, 15) is 0 Å². The third-order valence-corrected chi connectivity index (χ3v) is 6.09. The maximum atomic E-state index is 2.46. The van der Waals surface area contributed by atoms with Gasteiger partial charge in [0, 0.05) is 0 Å². The van der Waals surface area contributed by atoms with Crippen LogP contribution in [0.15, 0.2) is 69.9 Å². The molecule has 1 fully saturated rings. The lowest BCUT2D eigenvalue weighted by Crippen LogP contribution is -2.07. The van der Waals surface area contributed by atoms with Gasteiger partial charge in [-0.3, -0.25) is 0 Å². The van der Waals surface area contributed by atoms with Gasteiger partial charge in [-0.1, -0.05) is 36.5 Å². The summed E-state index contributed by atoms with van der Waals surface area (Å²) in [5, 5.41) is 0. The lowest BCUT2D eigenvalue weighted by molar-refractivity contribution is 0.658. The van der Waals surface area contributed by atoms with Gasteiger partial charge in [-0.05, 0) is 33.4 Å². The van der Waals surface area contributed by atoms with E-state index < -0.39 is 0 Å². The molecule has 0 N–H and O–H groups in total. The van der Waals surface area contributed by atoms with E-state index >= 15 is 0 Å². The second-order valence-corrected chi connectivity index (χ2v) is 5.85. The van der Waals surface area contributed by atoms with E-state index in [0.717, 1.165) is 0 Å². The van der Waals surface area contributed by atoms with Gasteiger partial charge in [0.1, 0.15) is 0 Å². The van der Waals surface area contributed by atoms with E-state index in [-0.39, 0.29) is 0 Å². The summed E-state index contributed by atoms with van der Waals surface area (Å²) < 4.78 is 0. The molecule has 1 saturated carbocycles. The number of allylic oxidation sites excluding steroid dienone is 12. The van der Waals surface area contributed by atoms with Crippen molar-refractivity contribution in [1.29, 1.82) is 0 Å². The van der Waals surface area contributed by atoms with Gasteiger partial charge in [-0.25, -0.2) is 0 Å². The first-order valence-corrected chi connectivity index (χ1v) is 5.71. The van der Waals surface area contributed by atoms with Crippen molar-refractivity contribution in [3.8, 4) is 0 Å². The fraction of sp³-hybridized carbons (Fsp3) is 0.200. The molecule has 0 aromatic carbocycles. The molecule has 0 atom stereocenters. The molecular weight excluding hydrogens is 180 g/mol. The highest BCUT2D eigenvalue weighted by molar-refractivity contribution is 5.99. The largest absolute Gasteiger partial charge is 0.0538 e. The summed E-state index contributed by atoms with van der Waals surface area (Å²) in [6, 6.07) is 0. The van der Waals surface area contributed by atoms with Crippen LogP contribution >= 0.6 is 0 Å². The maximum absolute atomic E-state index is 2.46. The van der Waals surface area contributed by atoms with E-state index in [1.165, 1.54) is 0 Å². The molecule has 0 unspecified atom stereocenters. The number of hydrogen-bond donors (Lipinski definition) is 0. The van der Waals surface area contributed by atoms with Crippen molar-refractivity contribution in [1.82, 2.24) is 0 Å². The third-order valence-electron chi connectivity index (χ3n) is 6.09. The highest BCUT2D eigenvalue weighted by Crippen LogP contribution is 3.06. The molecule has 7 aliphatic rings. The van der Waals surface area contributed by atoms with Crippen LogP contribution in [0.5, 0.6) is 0 Å². The van der Waals surface area contributed by atoms with Crippen LogP contribution in [0.25, 0.3) is 0 Å². The smallest absolute Gasteiger partial charge is 0.0502 e. The lowest BCUT2D eigenvalue weighted by atomic mass is 9.88. The topological polar surface area (TPSA) is 0 Å². The Morgan fingerprint density at radius 2 is 0.600 bits per heavy atom. The Kier molecular flexibility index (Phi) is 0.365. The molecule has 66 valence electrons. The Morgan fingerprint density at radius 3 is 0.800 bits per heavy atom. The third kappa shape index (κ3) is 0.195. The zero-order valence-corrected chi connectivity index (χ0v) is 7.96. The lowest BCUT2D eigenvalue weighted by Gasteiger charge is -2.12. The van der Waals surface area contributed by atoms with Gasteiger partial charge < -0.3 is 0 Å². The van der Waals surface area contributed by atoms with Crippen LogP contribution in [0.1, 0.15) is 0 Å². The van der Waals surface area contributed by atoms with Crippen molar-refractivity contribution >= 4 is 0 Å². The molecule has 0 heteroatoms. The number of hydrogen-bond acceptors (Lipinski definition) is 0. The minimum absolute atomic E-state index is 0.429. The van der Waals surface area contributed by atoms with E-state index in [1.807, 2.05) is 0 Å². The van der Waals surface area contributed by atoms with Crippen molar-refractivity contribution < 1.29 is 0 Å². The first kappa shape index (κ1) is 5.50. The Labute approximate surface area is 86.7 Å². The van der Waals surface area contributed by atoms with Crippen molar-refractivity contribution in [2.75, 3.05) is 0 Å². The van der Waals surface area contributed by atoms with Gasteiger partial charge in [-0.2, -0.15) is 0 Å². The molecule has 0 amide bonds. The Bertz CT molecular complexity index is 569. The predicted molar refractivity (Wildman–Crippen MR) is 55.8 cm³/mol. The molecule has 0 heterocycles. The van der Waals surface area contributed by atoms with Crippen molar-refractivity contribution in [2.45, 2.75) is 0 Å². The molecule has 15 heavy (non-hydrogen) atoms. The van der Waals surface area contributed by atoms with E-state index in [2.05, 4.69) is 36.5 Å². The minimum atomic E-state index is 0.429. The van der Waals surface area contributed by atoms with Crippen LogP contribution < -0.4 is 0 Å². The molecule has 3 spiro atoms. The summed E-state index contributed by atoms with van der Waals surface area (Å²) >= 11 is 0. The Morgan fingerprint density at radius 1 is 0.400 bits per heavy atom. The molecule has 0 aromatic rings. The molecular formula is C15H6. The second kappa shape index (κ2) is 0.996. The molecule has 0 saturated heterocycles. The zero-order chi connectivity index (χ0) is 9.21. The highest BCUT2D eigenvalue weighted by Gasteiger charge is 3.01. The monoisotopic (exact) mass is 186 g/mol. The Balaban J connectivity index is 1.98. The minimum Gasteiger partial charge on any atom is -0.0538 e. The number of rotatable bonds is 0. The van der Waals surface area contributed by atoms with Gasteiger partial charge in [-0.15, -0.1) is 0 Å². The first-order chi connectivity index (χ1) is 7.38. The van der Waals surface area contributed by atoms with E-state index in [4.69, 9.17) is 0 Å². The van der Waals surface area contributed by atoms with Crippen molar-refractivity contribution in [3.05, 3.63) is 69.9 Å². The summed E-state index contributed by atoms with van der Waals surface area (Å²) in [7, 11) is 0. The SMILES string of the molecule is C1=C2C=C3C=C1C14C5=CC6=CC(=C5)C21C364. The van der Waals surface area contributed by atoms with Gasteiger partial charge in [0.05, 0.1) is 16.2 Å². The summed E-state index contributed by atoms with van der Waals surface area (Å²) in [6.07, 6.45) is 14.7. The average molecular weight is 186 g/mol. The van der Waals surface area contributed by atoms with Gasteiger partial charge in [0.25, 0.3) is 0 Å². The fourth-order valence-corrected chi connectivity index (χ4v) is 6.21. The van der Waals surface area contributed by atoms with Crippen LogP contribution in [-0.4, -0.2) is 0 Å². The van der Waals surface area contributed by atoms with Crippen molar-refractivity contribution in [3.63, 3.8) is 0 Å². The van der Waals surface area contributed by atoms with Crippen molar-refractivity contribution in [2.24, 2.45) is 16.2 Å². The van der Waals surface area contributed by atoms with Crippen LogP contribution in [0, 0.1) is 16.2 Å². The van der Waals surface area contributed by atoms with Crippen LogP contribution in [-0.2, 0) is 0 Å². The highest BCUT2D eigenvalue weighted by atomic mass is 15.0. The molecule has 0 aromatic heterocycles. The fourth-order valence-electron chi connectivity index (χ4n) is 6.21. The quantitative estimate of drug-likeness (QED) is 0.545. The second-order valence-electron chi connectivity index (χ2n) is 5.85. The average Bonchev–Trinajstić information content (AvgIpc) is 2.50. The zero-order valence-electron chi connectivity index (χ0n) is 7.96. The Hall–Kier alpha value is -1.56. The van der Waals surface area contributed by atoms with Crippen LogP contribution in [0.4, 0.5) is 0 Å². The molecule has 0 aliphatic heterocycles. The molecule has 7 aliphatic carbocycles. The van der Waals surface area contributed by atoms with Gasteiger partial charge >= 0.3 is 0 Å². The normalized spacial score (nSPS) is 59.2. The van der Waals surface area contributed by atoms with Crippen LogP contribution in [0.3, 0.4) is 0 Å². The first-order valence-electron chi connectivity index (χ1n) is 5.71. The van der Waals surface area contributed by atoms with E-state index in [1.54, 1.807) is 33.4 Å².